The van der Waals surface area contributed by atoms with Crippen molar-refractivity contribution in [1.29, 1.82) is 0 Å². The number of ether oxygens (including phenoxy) is 2. The Bertz CT molecular complexity index is 591. The molecule has 0 aliphatic carbocycles. The lowest BCUT2D eigenvalue weighted by molar-refractivity contribution is -0.136. The fourth-order valence-corrected chi connectivity index (χ4v) is 4.42. The number of likely N-dealkylation sites (tertiary alicyclic amines) is 2. The van der Waals surface area contributed by atoms with Gasteiger partial charge in [0, 0.05) is 56.5 Å². The quantitative estimate of drug-likeness (QED) is 0.775. The van der Waals surface area contributed by atoms with E-state index in [4.69, 9.17) is 9.47 Å². The van der Waals surface area contributed by atoms with Crippen LogP contribution in [-0.2, 0) is 20.8 Å². The first-order valence-electron chi connectivity index (χ1n) is 9.30. The maximum Gasteiger partial charge on any atom is 0.248 e. The first kappa shape index (κ1) is 16.9. The van der Waals surface area contributed by atoms with E-state index in [1.165, 1.54) is 5.56 Å². The lowest BCUT2D eigenvalue weighted by atomic mass is 9.82. The van der Waals surface area contributed by atoms with Crippen molar-refractivity contribution in [2.45, 2.75) is 19.4 Å². The molecule has 6 heteroatoms. The Hall–Kier alpha value is -1.50. The maximum atomic E-state index is 12.2. The Kier molecular flexibility index (Phi) is 5.01. The molecule has 3 aliphatic heterocycles. The van der Waals surface area contributed by atoms with Crippen LogP contribution in [0.1, 0.15) is 18.4 Å². The zero-order valence-electron chi connectivity index (χ0n) is 14.7. The van der Waals surface area contributed by atoms with Crippen LogP contribution in [0.15, 0.2) is 24.5 Å². The van der Waals surface area contributed by atoms with Gasteiger partial charge in [0.05, 0.1) is 19.8 Å². The van der Waals surface area contributed by atoms with Crippen LogP contribution in [-0.4, -0.2) is 73.3 Å². The molecule has 0 N–H and O–H groups in total. The van der Waals surface area contributed by atoms with E-state index < -0.39 is 0 Å². The summed E-state index contributed by atoms with van der Waals surface area (Å²) in [7, 11) is 0. The summed E-state index contributed by atoms with van der Waals surface area (Å²) in [6, 6.07) is 4.10. The Labute approximate surface area is 149 Å². The van der Waals surface area contributed by atoms with Gasteiger partial charge >= 0.3 is 0 Å². The first-order chi connectivity index (χ1) is 12.3. The molecule has 1 aromatic rings. The van der Waals surface area contributed by atoms with E-state index in [-0.39, 0.29) is 17.9 Å². The number of carbonyl (C=O) groups is 1. The topological polar surface area (TPSA) is 54.9 Å². The summed E-state index contributed by atoms with van der Waals surface area (Å²) < 4.78 is 11.6. The van der Waals surface area contributed by atoms with Gasteiger partial charge in [-0.2, -0.15) is 0 Å². The summed E-state index contributed by atoms with van der Waals surface area (Å²) in [5, 5.41) is 0. The molecule has 0 saturated carbocycles. The van der Waals surface area contributed by atoms with Crippen molar-refractivity contribution < 1.29 is 14.3 Å². The summed E-state index contributed by atoms with van der Waals surface area (Å²) in [4.78, 5) is 20.8. The number of amides is 1. The van der Waals surface area contributed by atoms with Crippen molar-refractivity contribution in [3.63, 3.8) is 0 Å². The molecule has 4 rings (SSSR count). The number of rotatable bonds is 6. The summed E-state index contributed by atoms with van der Waals surface area (Å²) in [5.74, 6) is 0.626. The average Bonchev–Trinajstić information content (AvgIpc) is 3.31. The van der Waals surface area contributed by atoms with Crippen molar-refractivity contribution in [2.24, 2.45) is 11.3 Å². The highest BCUT2D eigenvalue weighted by Gasteiger charge is 2.50. The smallest absolute Gasteiger partial charge is 0.248 e. The van der Waals surface area contributed by atoms with Gasteiger partial charge in [0.2, 0.25) is 5.91 Å². The highest BCUT2D eigenvalue weighted by Crippen LogP contribution is 2.42. The highest BCUT2D eigenvalue weighted by atomic mass is 16.5. The van der Waals surface area contributed by atoms with Crippen molar-refractivity contribution >= 4 is 5.91 Å². The fraction of sp³-hybridized carbons (Fsp3) is 0.684. The van der Waals surface area contributed by atoms with Gasteiger partial charge in [-0.1, -0.05) is 6.07 Å². The largest absolute Gasteiger partial charge is 0.380 e. The zero-order chi connectivity index (χ0) is 17.1. The second kappa shape index (κ2) is 7.40. The molecule has 3 saturated heterocycles. The zero-order valence-corrected chi connectivity index (χ0v) is 14.7. The monoisotopic (exact) mass is 345 g/mol. The Morgan fingerprint density at radius 3 is 3.08 bits per heavy atom. The third kappa shape index (κ3) is 3.71. The lowest BCUT2D eigenvalue weighted by Crippen LogP contribution is -2.38. The van der Waals surface area contributed by atoms with E-state index in [1.54, 1.807) is 0 Å². The molecule has 3 aliphatic rings. The van der Waals surface area contributed by atoms with E-state index in [1.807, 2.05) is 23.4 Å². The summed E-state index contributed by atoms with van der Waals surface area (Å²) >= 11 is 0. The minimum absolute atomic E-state index is 0.0352. The number of aromatic nitrogens is 1. The molecule has 0 spiro atoms. The van der Waals surface area contributed by atoms with E-state index in [2.05, 4.69) is 16.0 Å². The van der Waals surface area contributed by atoms with Gasteiger partial charge in [-0.3, -0.25) is 14.7 Å². The third-order valence-corrected chi connectivity index (χ3v) is 5.79. The molecular weight excluding hydrogens is 318 g/mol. The van der Waals surface area contributed by atoms with Crippen LogP contribution in [0.3, 0.4) is 0 Å². The number of carbonyl (C=O) groups excluding carboxylic acids is 1. The highest BCUT2D eigenvalue weighted by molar-refractivity contribution is 5.77. The Morgan fingerprint density at radius 2 is 2.28 bits per heavy atom. The molecule has 6 nitrogen and oxygen atoms in total. The summed E-state index contributed by atoms with van der Waals surface area (Å²) in [6.07, 6.45) is 5.98. The van der Waals surface area contributed by atoms with Gasteiger partial charge in [-0.05, 0) is 24.5 Å². The van der Waals surface area contributed by atoms with Gasteiger partial charge in [-0.25, -0.2) is 0 Å². The Morgan fingerprint density at radius 1 is 1.40 bits per heavy atom. The molecule has 0 unspecified atom stereocenters. The van der Waals surface area contributed by atoms with Crippen molar-refractivity contribution in [3.05, 3.63) is 30.1 Å². The number of pyridine rings is 1. The van der Waals surface area contributed by atoms with Crippen LogP contribution in [0, 0.1) is 11.3 Å². The summed E-state index contributed by atoms with van der Waals surface area (Å²) in [5.41, 5.74) is 1.27. The lowest BCUT2D eigenvalue weighted by Gasteiger charge is -2.27. The van der Waals surface area contributed by atoms with Crippen molar-refractivity contribution in [2.75, 3.05) is 52.6 Å². The molecule has 136 valence electrons. The first-order valence-corrected chi connectivity index (χ1v) is 9.30. The minimum Gasteiger partial charge on any atom is -0.380 e. The fourth-order valence-electron chi connectivity index (χ4n) is 4.42. The third-order valence-electron chi connectivity index (χ3n) is 5.79. The molecule has 2 atom stereocenters. The standard InChI is InChI=1S/C19H27N3O3/c23-18(22-6-1-2-7-22)12-25-15-19-13-21(10-17(19)11-24-14-19)9-16-4-3-5-20-8-16/h3-5,8,17H,1-2,6-7,9-15H2/t17-,19+/m1/s1. The second-order valence-electron chi connectivity index (χ2n) is 7.69. The van der Waals surface area contributed by atoms with Gasteiger partial charge in [0.25, 0.3) is 0 Å². The van der Waals surface area contributed by atoms with E-state index in [0.717, 1.165) is 58.8 Å². The molecule has 25 heavy (non-hydrogen) atoms. The van der Waals surface area contributed by atoms with E-state index in [0.29, 0.717) is 12.5 Å². The molecule has 4 heterocycles. The van der Waals surface area contributed by atoms with Crippen LogP contribution in [0.2, 0.25) is 0 Å². The van der Waals surface area contributed by atoms with Crippen LogP contribution < -0.4 is 0 Å². The van der Waals surface area contributed by atoms with Crippen LogP contribution in [0.25, 0.3) is 0 Å². The molecule has 1 amide bonds. The van der Waals surface area contributed by atoms with E-state index >= 15 is 0 Å². The van der Waals surface area contributed by atoms with Gasteiger partial charge < -0.3 is 14.4 Å². The molecule has 1 aromatic heterocycles. The molecule has 0 aromatic carbocycles. The van der Waals surface area contributed by atoms with E-state index in [9.17, 15) is 4.79 Å². The minimum atomic E-state index is 0.0352. The molecule has 0 radical (unpaired) electrons. The van der Waals surface area contributed by atoms with Crippen LogP contribution in [0.4, 0.5) is 0 Å². The van der Waals surface area contributed by atoms with Crippen molar-refractivity contribution in [3.8, 4) is 0 Å². The van der Waals surface area contributed by atoms with Crippen LogP contribution >= 0.6 is 0 Å². The number of fused-ring (bicyclic) bond motifs is 1. The second-order valence-corrected chi connectivity index (χ2v) is 7.69. The van der Waals surface area contributed by atoms with Crippen LogP contribution in [0.5, 0.6) is 0 Å². The number of hydrogen-bond acceptors (Lipinski definition) is 5. The molecule has 0 bridgehead atoms. The number of nitrogens with zero attached hydrogens (tertiary/aromatic N) is 3. The average molecular weight is 345 g/mol. The van der Waals surface area contributed by atoms with Gasteiger partial charge in [-0.15, -0.1) is 0 Å². The van der Waals surface area contributed by atoms with Gasteiger partial charge in [0.1, 0.15) is 6.61 Å². The number of hydrogen-bond donors (Lipinski definition) is 0. The predicted molar refractivity (Wildman–Crippen MR) is 92.9 cm³/mol. The van der Waals surface area contributed by atoms with Gasteiger partial charge in [0.15, 0.2) is 0 Å². The molecular formula is C19H27N3O3. The maximum absolute atomic E-state index is 12.2. The Balaban J connectivity index is 1.31. The SMILES string of the molecule is O=C(COC[C@]12COC[C@H]1CN(Cc1cccnc1)C2)N1CCCC1. The summed E-state index contributed by atoms with van der Waals surface area (Å²) in [6.45, 7) is 7.03. The predicted octanol–water partition coefficient (Wildman–Crippen LogP) is 1.17. The molecule has 3 fully saturated rings. The van der Waals surface area contributed by atoms with Crippen molar-refractivity contribution in [1.82, 2.24) is 14.8 Å². The normalized spacial score (nSPS) is 29.3.